The minimum absolute atomic E-state index is 0.0413. The Bertz CT molecular complexity index is 716. The van der Waals surface area contributed by atoms with Crippen molar-refractivity contribution in [2.45, 2.75) is 51.0 Å². The summed E-state index contributed by atoms with van der Waals surface area (Å²) in [5.74, 6) is -1.06. The van der Waals surface area contributed by atoms with Gasteiger partial charge in [0.1, 0.15) is 4.75 Å². The Balaban J connectivity index is 2.09. The van der Waals surface area contributed by atoms with Crippen LogP contribution in [0.3, 0.4) is 0 Å². The Morgan fingerprint density at radius 2 is 1.96 bits per heavy atom. The summed E-state index contributed by atoms with van der Waals surface area (Å²) in [5.41, 5.74) is -0.407. The largest absolute Gasteiger partial charge is 0.376 e. The number of nitrogens with one attached hydrogen (secondary N) is 1. The van der Waals surface area contributed by atoms with Crippen LogP contribution < -0.4 is 5.32 Å². The Morgan fingerprint density at radius 1 is 1.28 bits per heavy atom. The molecule has 1 N–H and O–H groups in total. The van der Waals surface area contributed by atoms with E-state index < -0.39 is 32.1 Å². The highest BCUT2D eigenvalue weighted by Gasteiger charge is 2.43. The van der Waals surface area contributed by atoms with Crippen LogP contribution in [-0.4, -0.2) is 71.0 Å². The molecule has 1 aliphatic rings. The zero-order valence-electron chi connectivity index (χ0n) is 15.1. The Morgan fingerprint density at radius 3 is 2.48 bits per heavy atom. The van der Waals surface area contributed by atoms with Crippen molar-refractivity contribution in [3.05, 3.63) is 0 Å². The van der Waals surface area contributed by atoms with Crippen LogP contribution in [0, 0.1) is 0 Å². The minimum atomic E-state index is -3.80. The molecule has 2 rings (SSSR count). The molecule has 0 radical (unpaired) electrons. The van der Waals surface area contributed by atoms with Crippen LogP contribution in [0.2, 0.25) is 0 Å². The summed E-state index contributed by atoms with van der Waals surface area (Å²) in [5, 5.41) is 14.1. The number of tetrazole rings is 1. The van der Waals surface area contributed by atoms with Gasteiger partial charge in [0, 0.05) is 0 Å². The third kappa shape index (κ3) is 4.53. The van der Waals surface area contributed by atoms with E-state index in [1.54, 1.807) is 0 Å². The van der Waals surface area contributed by atoms with Crippen molar-refractivity contribution in [2.75, 3.05) is 30.9 Å². The monoisotopic (exact) mass is 375 g/mol. The van der Waals surface area contributed by atoms with E-state index in [4.69, 9.17) is 9.47 Å². The first-order chi connectivity index (χ1) is 11.4. The van der Waals surface area contributed by atoms with Gasteiger partial charge in [0.25, 0.3) is 5.95 Å². The minimum Gasteiger partial charge on any atom is -0.376 e. The summed E-state index contributed by atoms with van der Waals surface area (Å²) < 4.78 is 34.2. The van der Waals surface area contributed by atoms with Crippen molar-refractivity contribution in [2.24, 2.45) is 0 Å². The molecular weight excluding hydrogens is 350 g/mol. The molecule has 0 aromatic carbocycles. The molecule has 1 aliphatic heterocycles. The highest BCUT2D eigenvalue weighted by molar-refractivity contribution is 7.93. The molecule has 1 amide bonds. The van der Waals surface area contributed by atoms with Gasteiger partial charge in [-0.1, -0.05) is 5.10 Å². The summed E-state index contributed by atoms with van der Waals surface area (Å²) in [7, 11) is -3.80. The molecule has 1 unspecified atom stereocenters. The number of sulfone groups is 1. The van der Waals surface area contributed by atoms with Crippen LogP contribution in [0.1, 0.15) is 34.6 Å². The van der Waals surface area contributed by atoms with Gasteiger partial charge in [-0.2, -0.15) is 4.80 Å². The van der Waals surface area contributed by atoms with E-state index in [-0.39, 0.29) is 18.3 Å². The lowest BCUT2D eigenvalue weighted by atomic mass is 10.1. The van der Waals surface area contributed by atoms with Crippen LogP contribution in [0.25, 0.3) is 0 Å². The number of carbonyl (C=O) groups excluding carboxylic acids is 1. The number of anilines is 1. The van der Waals surface area contributed by atoms with Crippen molar-refractivity contribution in [3.63, 3.8) is 0 Å². The average Bonchev–Trinajstić information content (AvgIpc) is 2.96. The van der Waals surface area contributed by atoms with Crippen molar-refractivity contribution >= 4 is 21.7 Å². The van der Waals surface area contributed by atoms with E-state index in [1.807, 2.05) is 20.8 Å². The van der Waals surface area contributed by atoms with E-state index in [2.05, 4.69) is 20.7 Å². The summed E-state index contributed by atoms with van der Waals surface area (Å²) in [6.07, 6.45) is -0.578. The van der Waals surface area contributed by atoms with Crippen molar-refractivity contribution < 1.29 is 22.7 Å². The number of nitrogens with zero attached hydrogens (tertiary/aromatic N) is 4. The number of aromatic nitrogens is 4. The zero-order chi connectivity index (χ0) is 18.9. The number of rotatable bonds is 5. The number of ether oxygens (including phenoxy) is 2. The van der Waals surface area contributed by atoms with E-state index in [0.717, 1.165) is 0 Å². The fourth-order valence-corrected chi connectivity index (χ4v) is 3.46. The van der Waals surface area contributed by atoms with E-state index in [1.165, 1.54) is 18.6 Å². The Kier molecular flexibility index (Phi) is 5.50. The third-order valence-electron chi connectivity index (χ3n) is 3.85. The smallest absolute Gasteiger partial charge is 0.270 e. The lowest BCUT2D eigenvalue weighted by Crippen LogP contribution is -2.49. The Hall–Kier alpha value is -1.59. The first-order valence-electron chi connectivity index (χ1n) is 7.97. The average molecular weight is 375 g/mol. The first kappa shape index (κ1) is 19.7. The van der Waals surface area contributed by atoms with E-state index in [9.17, 15) is 13.2 Å². The molecule has 142 valence electrons. The lowest BCUT2D eigenvalue weighted by molar-refractivity contribution is -0.118. The summed E-state index contributed by atoms with van der Waals surface area (Å²) in [6.45, 7) is 9.29. The summed E-state index contributed by atoms with van der Waals surface area (Å²) in [6, 6.07) is 0. The van der Waals surface area contributed by atoms with Gasteiger partial charge in [-0.15, -0.1) is 5.10 Å². The van der Waals surface area contributed by atoms with Crippen LogP contribution in [0.5, 0.6) is 0 Å². The van der Waals surface area contributed by atoms with Crippen molar-refractivity contribution in [1.29, 1.82) is 0 Å². The predicted octanol–water partition coefficient (Wildman–Crippen LogP) is -0.0246. The van der Waals surface area contributed by atoms with Gasteiger partial charge in [-0.25, -0.2) is 8.42 Å². The maximum Gasteiger partial charge on any atom is 0.270 e. The molecule has 0 spiro atoms. The lowest BCUT2D eigenvalue weighted by Gasteiger charge is -2.28. The van der Waals surface area contributed by atoms with Crippen LogP contribution in [0.15, 0.2) is 0 Å². The number of carbonyl (C=O) groups is 1. The van der Waals surface area contributed by atoms with Crippen LogP contribution >= 0.6 is 0 Å². The van der Waals surface area contributed by atoms with Crippen molar-refractivity contribution in [1.82, 2.24) is 20.2 Å². The molecular formula is C14H25N5O5S. The number of hydrogen-bond donors (Lipinski definition) is 1. The quantitative estimate of drug-likeness (QED) is 0.761. The van der Waals surface area contributed by atoms with Gasteiger partial charge in [0.2, 0.25) is 5.91 Å². The highest BCUT2D eigenvalue weighted by Crippen LogP contribution is 2.22. The molecule has 1 aromatic rings. The molecule has 0 aliphatic carbocycles. The van der Waals surface area contributed by atoms with Crippen LogP contribution in [0.4, 0.5) is 5.95 Å². The van der Waals surface area contributed by atoms with Gasteiger partial charge < -0.3 is 9.47 Å². The molecule has 25 heavy (non-hydrogen) atoms. The zero-order valence-corrected chi connectivity index (χ0v) is 16.0. The molecule has 0 saturated carbocycles. The number of amides is 1. The normalized spacial score (nSPS) is 19.6. The first-order valence-corrected chi connectivity index (χ1v) is 9.62. The van der Waals surface area contributed by atoms with Crippen LogP contribution in [-0.2, 0) is 29.6 Å². The summed E-state index contributed by atoms with van der Waals surface area (Å²) >= 11 is 0. The maximum absolute atomic E-state index is 12.7. The summed E-state index contributed by atoms with van der Waals surface area (Å²) in [4.78, 5) is 13.8. The topological polar surface area (TPSA) is 125 Å². The standard InChI is InChI=1S/C14H25N5O5S/c1-13(2,3)19-17-12(16-18-19)15-11(20)14(4,5)25(21,22)9-10-8-23-6-7-24-10/h10H,6-9H2,1-5H3,(H,15,17,20). The molecule has 11 heteroatoms. The number of hydrogen-bond acceptors (Lipinski definition) is 8. The second-order valence-electron chi connectivity index (χ2n) is 7.39. The molecule has 1 saturated heterocycles. The molecule has 10 nitrogen and oxygen atoms in total. The van der Waals surface area contributed by atoms with Crippen molar-refractivity contribution in [3.8, 4) is 0 Å². The maximum atomic E-state index is 12.7. The highest BCUT2D eigenvalue weighted by atomic mass is 32.2. The van der Waals surface area contributed by atoms with E-state index in [0.29, 0.717) is 13.2 Å². The van der Waals surface area contributed by atoms with Gasteiger partial charge in [0.05, 0.1) is 37.2 Å². The Labute approximate surface area is 147 Å². The molecule has 1 fully saturated rings. The van der Waals surface area contributed by atoms with Gasteiger partial charge in [-0.3, -0.25) is 10.1 Å². The SMILES string of the molecule is CC(C)(C)n1nnc(NC(=O)C(C)(C)S(=O)(=O)CC2COCCO2)n1. The van der Waals surface area contributed by atoms with Gasteiger partial charge in [-0.05, 0) is 39.8 Å². The fraction of sp³-hybridized carbons (Fsp3) is 0.857. The van der Waals surface area contributed by atoms with E-state index >= 15 is 0 Å². The third-order valence-corrected chi connectivity index (χ3v) is 6.40. The predicted molar refractivity (Wildman–Crippen MR) is 89.9 cm³/mol. The molecule has 1 aromatic heterocycles. The second kappa shape index (κ2) is 6.96. The second-order valence-corrected chi connectivity index (χ2v) is 9.97. The molecule has 2 heterocycles. The van der Waals surface area contributed by atoms with Gasteiger partial charge in [0.15, 0.2) is 9.84 Å². The molecule has 0 bridgehead atoms. The van der Waals surface area contributed by atoms with Gasteiger partial charge >= 0.3 is 0 Å². The fourth-order valence-electron chi connectivity index (χ4n) is 2.03. The molecule has 1 atom stereocenters.